The van der Waals surface area contributed by atoms with E-state index in [9.17, 15) is 0 Å². The maximum atomic E-state index is 8.07. The second-order valence-electron chi connectivity index (χ2n) is 12.2. The standard InChI is InChI=1S/2C7H15.4C4H9.O.2Sn/c2*1-4-5-6-7(2)3;4*1-3-4-2;;;/h2*7H,1,4-6H2,2-3H3;4*1,3-4H2,2H3;;;. The molecule has 0 spiro atoms. The molecule has 0 bridgehead atoms. The Kier molecular flexibility index (Phi) is 22.6. The summed E-state index contributed by atoms with van der Waals surface area (Å²) in [5, 5.41) is 0. The maximum absolute atomic E-state index is 8.07. The van der Waals surface area contributed by atoms with Gasteiger partial charge in [-0.2, -0.15) is 0 Å². The van der Waals surface area contributed by atoms with Gasteiger partial charge in [0, 0.05) is 0 Å². The van der Waals surface area contributed by atoms with Crippen molar-refractivity contribution in [2.45, 2.75) is 172 Å². The summed E-state index contributed by atoms with van der Waals surface area (Å²) in [4.78, 5) is 0. The van der Waals surface area contributed by atoms with Crippen molar-refractivity contribution in [3.8, 4) is 0 Å². The fraction of sp³-hybridized carbons (Fsp3) is 1.00. The minimum absolute atomic E-state index is 0.857. The summed E-state index contributed by atoms with van der Waals surface area (Å²) in [6.07, 6.45) is 19.9. The molecule has 0 rings (SSSR count). The molecule has 0 N–H and O–H groups in total. The van der Waals surface area contributed by atoms with Gasteiger partial charge in [0.15, 0.2) is 0 Å². The van der Waals surface area contributed by atoms with Crippen molar-refractivity contribution >= 4 is 37.6 Å². The zero-order valence-electron chi connectivity index (χ0n) is 24.7. The average molecular weight is 680 g/mol. The molecule has 0 aromatic heterocycles. The normalized spacial score (nSPS) is 12.9. The molecule has 0 aliphatic carbocycles. The van der Waals surface area contributed by atoms with E-state index in [1.807, 2.05) is 0 Å². The van der Waals surface area contributed by atoms with Gasteiger partial charge >= 0.3 is 223 Å². The molecule has 0 fully saturated rings. The van der Waals surface area contributed by atoms with Crippen LogP contribution in [-0.2, 0) is 1.41 Å². The Morgan fingerprint density at radius 1 is 0.424 bits per heavy atom. The Hall–Kier alpha value is 1.56. The van der Waals surface area contributed by atoms with Crippen molar-refractivity contribution < 1.29 is 1.41 Å². The van der Waals surface area contributed by atoms with Crippen molar-refractivity contribution in [1.29, 1.82) is 0 Å². The van der Waals surface area contributed by atoms with Crippen molar-refractivity contribution in [3.05, 3.63) is 0 Å². The fourth-order valence-electron chi connectivity index (χ4n) is 5.51. The van der Waals surface area contributed by atoms with Crippen LogP contribution < -0.4 is 0 Å². The van der Waals surface area contributed by atoms with Gasteiger partial charge in [-0.15, -0.1) is 0 Å². The molecule has 3 heteroatoms. The quantitative estimate of drug-likeness (QED) is 0.0729. The van der Waals surface area contributed by atoms with Crippen molar-refractivity contribution in [2.75, 3.05) is 0 Å². The zero-order valence-corrected chi connectivity index (χ0v) is 30.4. The van der Waals surface area contributed by atoms with E-state index in [0.29, 0.717) is 0 Å². The molecule has 0 aromatic carbocycles. The van der Waals surface area contributed by atoms with Crippen molar-refractivity contribution in [2.24, 2.45) is 11.8 Å². The van der Waals surface area contributed by atoms with Gasteiger partial charge in [0.2, 0.25) is 0 Å². The number of hydrogen-bond acceptors (Lipinski definition) is 1. The van der Waals surface area contributed by atoms with Gasteiger partial charge in [-0.05, 0) is 0 Å². The van der Waals surface area contributed by atoms with Crippen molar-refractivity contribution in [1.82, 2.24) is 0 Å². The Morgan fingerprint density at radius 3 is 0.939 bits per heavy atom. The summed E-state index contributed by atoms with van der Waals surface area (Å²) in [5.41, 5.74) is 0. The van der Waals surface area contributed by atoms with Gasteiger partial charge in [0.1, 0.15) is 0 Å². The van der Waals surface area contributed by atoms with Crippen molar-refractivity contribution in [3.63, 3.8) is 0 Å². The molecule has 0 atom stereocenters. The Morgan fingerprint density at radius 2 is 0.697 bits per heavy atom. The first-order chi connectivity index (χ1) is 15.8. The van der Waals surface area contributed by atoms with Crippen LogP contribution in [0.1, 0.15) is 145 Å². The fourth-order valence-corrected chi connectivity index (χ4v) is 60.0. The average Bonchev–Trinajstić information content (AvgIpc) is 2.79. The summed E-state index contributed by atoms with van der Waals surface area (Å²) in [5.74, 6) is 1.71. The van der Waals surface area contributed by atoms with Gasteiger partial charge in [0.25, 0.3) is 0 Å². The van der Waals surface area contributed by atoms with Gasteiger partial charge < -0.3 is 0 Å². The molecule has 0 heterocycles. The molecule has 0 radical (unpaired) electrons. The molecular formula is C30H66OSn2. The van der Waals surface area contributed by atoms with Crippen LogP contribution in [0.5, 0.6) is 0 Å². The van der Waals surface area contributed by atoms with Gasteiger partial charge in [-0.3, -0.25) is 0 Å². The third-order valence-electron chi connectivity index (χ3n) is 7.70. The monoisotopic (exact) mass is 682 g/mol. The van der Waals surface area contributed by atoms with Crippen LogP contribution in [0.25, 0.3) is 0 Å². The molecule has 1 nitrogen and oxygen atoms in total. The first-order valence-electron chi connectivity index (χ1n) is 15.5. The SMILES string of the molecule is CCC[CH2][Sn]([CH2]CCC)([CH2]CCCC(C)C)[O][Sn]([CH2]CCC)([CH2]CCC)[CH2]CCCC(C)C. The second-order valence-corrected chi connectivity index (χ2v) is 38.7. The first-order valence-corrected chi connectivity index (χ1v) is 29.9. The summed E-state index contributed by atoms with van der Waals surface area (Å²) >= 11 is -5.15. The molecule has 0 aliphatic rings. The van der Waals surface area contributed by atoms with E-state index in [1.165, 1.54) is 108 Å². The summed E-state index contributed by atoms with van der Waals surface area (Å²) < 4.78 is 17.3. The summed E-state index contributed by atoms with van der Waals surface area (Å²) in [6, 6.07) is 0. The molecule has 0 aliphatic heterocycles. The van der Waals surface area contributed by atoms with Crippen LogP contribution in [0.15, 0.2) is 0 Å². The first kappa shape index (κ1) is 34.6. The molecule has 0 aromatic rings. The van der Waals surface area contributed by atoms with Crippen LogP contribution in [0.3, 0.4) is 0 Å². The number of unbranched alkanes of at least 4 members (excludes halogenated alkanes) is 6. The molecule has 200 valence electrons. The number of hydrogen-bond donors (Lipinski definition) is 0. The third-order valence-corrected chi connectivity index (χ3v) is 48.4. The van der Waals surface area contributed by atoms with Crippen LogP contribution >= 0.6 is 0 Å². The van der Waals surface area contributed by atoms with E-state index in [1.54, 1.807) is 8.87 Å². The summed E-state index contributed by atoms with van der Waals surface area (Å²) in [7, 11) is 0. The Balaban J connectivity index is 5.78. The van der Waals surface area contributed by atoms with Gasteiger partial charge in [0.05, 0.1) is 0 Å². The van der Waals surface area contributed by atoms with Crippen LogP contribution in [0.2, 0.25) is 26.6 Å². The Labute approximate surface area is 221 Å². The summed E-state index contributed by atoms with van der Waals surface area (Å²) in [6.45, 7) is 19.2. The van der Waals surface area contributed by atoms with E-state index in [-0.39, 0.29) is 0 Å². The minimum atomic E-state index is -2.58. The second kappa shape index (κ2) is 21.6. The predicted octanol–water partition coefficient (Wildman–Crippen LogP) is 11.7. The van der Waals surface area contributed by atoms with E-state index >= 15 is 0 Å². The Bertz CT molecular complexity index is 368. The molecule has 0 amide bonds. The van der Waals surface area contributed by atoms with Gasteiger partial charge in [-0.25, -0.2) is 0 Å². The molecule has 0 saturated carbocycles. The zero-order chi connectivity index (χ0) is 25.0. The molecule has 33 heavy (non-hydrogen) atoms. The van der Waals surface area contributed by atoms with Crippen LogP contribution in [-0.4, -0.2) is 37.6 Å². The van der Waals surface area contributed by atoms with E-state index in [2.05, 4.69) is 55.4 Å². The number of rotatable bonds is 24. The third kappa shape index (κ3) is 17.6. The topological polar surface area (TPSA) is 9.23 Å². The van der Waals surface area contributed by atoms with Crippen LogP contribution in [0.4, 0.5) is 0 Å². The molecule has 0 saturated heterocycles. The van der Waals surface area contributed by atoms with E-state index in [4.69, 9.17) is 1.41 Å². The van der Waals surface area contributed by atoms with Crippen LogP contribution in [0, 0.1) is 11.8 Å². The van der Waals surface area contributed by atoms with Gasteiger partial charge in [-0.1, -0.05) is 0 Å². The predicted molar refractivity (Wildman–Crippen MR) is 158 cm³/mol. The molecular weight excluding hydrogens is 614 g/mol. The van der Waals surface area contributed by atoms with E-state index < -0.39 is 37.6 Å². The van der Waals surface area contributed by atoms with E-state index in [0.717, 1.165) is 11.8 Å². The molecule has 0 unspecified atom stereocenters.